The number of carbonyl (C=O) groups is 1. The normalized spacial score (nSPS) is 17.0. The van der Waals surface area contributed by atoms with Crippen molar-refractivity contribution in [2.45, 2.75) is 13.8 Å². The van der Waals surface area contributed by atoms with Crippen molar-refractivity contribution in [2.75, 3.05) is 49.1 Å². The van der Waals surface area contributed by atoms with Crippen molar-refractivity contribution >= 4 is 17.4 Å². The third-order valence-electron chi connectivity index (χ3n) is 6.23. The van der Waals surface area contributed by atoms with Gasteiger partial charge < -0.3 is 14.7 Å². The lowest BCUT2D eigenvalue weighted by Gasteiger charge is -2.43. The zero-order valence-corrected chi connectivity index (χ0v) is 18.0. The number of aryl methyl sites for hydroxylation is 2. The fourth-order valence-electron chi connectivity index (χ4n) is 4.35. The summed E-state index contributed by atoms with van der Waals surface area (Å²) in [5.74, 6) is 1.87. The third-order valence-corrected chi connectivity index (χ3v) is 6.23. The maximum atomic E-state index is 13.0. The van der Waals surface area contributed by atoms with Crippen LogP contribution in [-0.2, 0) is 4.79 Å². The van der Waals surface area contributed by atoms with Crippen molar-refractivity contribution < 1.29 is 4.79 Å². The van der Waals surface area contributed by atoms with Crippen LogP contribution in [0.3, 0.4) is 0 Å². The van der Waals surface area contributed by atoms with Gasteiger partial charge in [0.15, 0.2) is 5.82 Å². The monoisotopic (exact) mass is 417 g/mol. The second-order valence-electron chi connectivity index (χ2n) is 8.39. The van der Waals surface area contributed by atoms with Crippen LogP contribution in [0.5, 0.6) is 0 Å². The topological polar surface area (TPSA) is 70.4 Å². The summed E-state index contributed by atoms with van der Waals surface area (Å²) in [6.07, 6.45) is 5.13. The van der Waals surface area contributed by atoms with Crippen molar-refractivity contribution in [3.63, 3.8) is 0 Å². The molecule has 1 amide bonds. The molecule has 0 unspecified atom stereocenters. The van der Waals surface area contributed by atoms with Crippen molar-refractivity contribution in [1.29, 1.82) is 0 Å². The number of amides is 1. The largest absolute Gasteiger partial charge is 0.368 e. The highest BCUT2D eigenvalue weighted by atomic mass is 16.2. The van der Waals surface area contributed by atoms with Crippen LogP contribution in [-0.4, -0.2) is 69.8 Å². The molecule has 0 atom stereocenters. The van der Waals surface area contributed by atoms with Crippen LogP contribution >= 0.6 is 0 Å². The smallest absolute Gasteiger partial charge is 0.229 e. The van der Waals surface area contributed by atoms with Gasteiger partial charge in [-0.05, 0) is 37.1 Å². The van der Waals surface area contributed by atoms with E-state index in [-0.39, 0.29) is 11.8 Å². The molecule has 0 saturated carbocycles. The summed E-state index contributed by atoms with van der Waals surface area (Å²) < 4.78 is 1.71. The summed E-state index contributed by atoms with van der Waals surface area (Å²) in [5, 5.41) is 4.22. The Morgan fingerprint density at radius 2 is 1.74 bits per heavy atom. The molecule has 0 bridgehead atoms. The van der Waals surface area contributed by atoms with Gasteiger partial charge in [0.2, 0.25) is 5.91 Å². The number of rotatable bonds is 4. The highest BCUT2D eigenvalue weighted by molar-refractivity contribution is 5.82. The van der Waals surface area contributed by atoms with Crippen molar-refractivity contribution in [3.8, 4) is 5.82 Å². The van der Waals surface area contributed by atoms with Gasteiger partial charge in [-0.2, -0.15) is 5.10 Å². The first-order valence-electron chi connectivity index (χ1n) is 10.8. The Balaban J connectivity index is 1.16. The number of hydrogen-bond acceptors (Lipinski definition) is 6. The summed E-state index contributed by atoms with van der Waals surface area (Å²) in [6.45, 7) is 8.99. The van der Waals surface area contributed by atoms with Gasteiger partial charge in [0.1, 0.15) is 12.1 Å². The molecule has 1 aromatic carbocycles. The first-order valence-corrected chi connectivity index (χ1v) is 10.8. The lowest BCUT2D eigenvalue weighted by Crippen LogP contribution is -2.58. The molecule has 8 heteroatoms. The van der Waals surface area contributed by atoms with E-state index in [1.165, 1.54) is 16.8 Å². The number of anilines is 2. The molecule has 8 nitrogen and oxygen atoms in total. The zero-order chi connectivity index (χ0) is 21.4. The zero-order valence-electron chi connectivity index (χ0n) is 18.0. The molecule has 2 aliphatic rings. The van der Waals surface area contributed by atoms with Crippen LogP contribution in [0.2, 0.25) is 0 Å². The van der Waals surface area contributed by atoms with E-state index >= 15 is 0 Å². The Morgan fingerprint density at radius 1 is 0.968 bits per heavy atom. The number of carbonyl (C=O) groups excluding carboxylic acids is 1. The standard InChI is InChI=1S/C23H27N7O/c1-17-4-5-18(2)20(12-17)27-8-10-28(11-9-27)23(31)19-14-29(15-19)21-13-22(25-16-24-21)30-7-3-6-26-30/h3-7,12-13,16,19H,8-11,14-15H2,1-2H3. The molecule has 2 aromatic heterocycles. The molecular weight excluding hydrogens is 390 g/mol. The number of hydrogen-bond donors (Lipinski definition) is 0. The van der Waals surface area contributed by atoms with Gasteiger partial charge in [-0.25, -0.2) is 14.6 Å². The quantitative estimate of drug-likeness (QED) is 0.647. The van der Waals surface area contributed by atoms with Gasteiger partial charge >= 0.3 is 0 Å². The van der Waals surface area contributed by atoms with Crippen LogP contribution < -0.4 is 9.80 Å². The lowest BCUT2D eigenvalue weighted by atomic mass is 9.98. The van der Waals surface area contributed by atoms with E-state index in [1.54, 1.807) is 17.2 Å². The molecule has 2 aliphatic heterocycles. The van der Waals surface area contributed by atoms with Gasteiger partial charge in [0.05, 0.1) is 5.92 Å². The minimum atomic E-state index is 0.0374. The molecule has 0 aliphatic carbocycles. The lowest BCUT2D eigenvalue weighted by molar-refractivity contribution is -0.136. The van der Waals surface area contributed by atoms with E-state index in [0.29, 0.717) is 13.1 Å². The number of aromatic nitrogens is 4. The molecule has 31 heavy (non-hydrogen) atoms. The SMILES string of the molecule is Cc1ccc(C)c(N2CCN(C(=O)C3CN(c4cc(-n5cccn5)ncn4)C3)CC2)c1. The maximum Gasteiger partial charge on any atom is 0.229 e. The fourth-order valence-corrected chi connectivity index (χ4v) is 4.35. The molecule has 0 spiro atoms. The number of piperazine rings is 1. The Bertz CT molecular complexity index is 1070. The first kappa shape index (κ1) is 19.5. The molecule has 2 fully saturated rings. The molecule has 3 aromatic rings. The van der Waals surface area contributed by atoms with Gasteiger partial charge in [0.25, 0.3) is 0 Å². The van der Waals surface area contributed by atoms with E-state index in [9.17, 15) is 4.79 Å². The Morgan fingerprint density at radius 3 is 2.48 bits per heavy atom. The molecule has 0 radical (unpaired) electrons. The number of benzene rings is 1. The van der Waals surface area contributed by atoms with Crippen LogP contribution in [0.4, 0.5) is 11.5 Å². The van der Waals surface area contributed by atoms with Crippen LogP contribution in [0, 0.1) is 19.8 Å². The summed E-state index contributed by atoms with van der Waals surface area (Å²) in [6, 6.07) is 10.3. The van der Waals surface area contributed by atoms with E-state index in [0.717, 1.165) is 37.8 Å². The van der Waals surface area contributed by atoms with E-state index in [1.807, 2.05) is 23.2 Å². The predicted molar refractivity (Wildman–Crippen MR) is 120 cm³/mol. The van der Waals surface area contributed by atoms with Gasteiger partial charge in [-0.15, -0.1) is 0 Å². The fraction of sp³-hybridized carbons (Fsp3) is 0.391. The third kappa shape index (κ3) is 3.85. The van der Waals surface area contributed by atoms with Gasteiger partial charge in [-0.3, -0.25) is 4.79 Å². The second kappa shape index (κ2) is 8.02. The summed E-state index contributed by atoms with van der Waals surface area (Å²) in [4.78, 5) is 28.2. The molecule has 4 heterocycles. The van der Waals surface area contributed by atoms with Crippen molar-refractivity contribution in [1.82, 2.24) is 24.6 Å². The van der Waals surface area contributed by atoms with E-state index in [2.05, 4.69) is 56.9 Å². The Kier molecular flexibility index (Phi) is 5.05. The van der Waals surface area contributed by atoms with Crippen LogP contribution in [0.1, 0.15) is 11.1 Å². The van der Waals surface area contributed by atoms with Crippen LogP contribution in [0.25, 0.3) is 5.82 Å². The number of nitrogens with zero attached hydrogens (tertiary/aromatic N) is 7. The highest BCUT2D eigenvalue weighted by Gasteiger charge is 2.37. The molecule has 160 valence electrons. The van der Waals surface area contributed by atoms with Gasteiger partial charge in [0, 0.05) is 63.4 Å². The summed E-state index contributed by atoms with van der Waals surface area (Å²) >= 11 is 0. The summed E-state index contributed by atoms with van der Waals surface area (Å²) in [5.41, 5.74) is 3.85. The Hall–Kier alpha value is -3.42. The van der Waals surface area contributed by atoms with Crippen LogP contribution in [0.15, 0.2) is 49.1 Å². The highest BCUT2D eigenvalue weighted by Crippen LogP contribution is 2.27. The average Bonchev–Trinajstić information content (AvgIpc) is 3.30. The second-order valence-corrected chi connectivity index (χ2v) is 8.39. The molecule has 2 saturated heterocycles. The first-order chi connectivity index (χ1) is 15.1. The molecule has 0 N–H and O–H groups in total. The Labute approximate surface area is 182 Å². The summed E-state index contributed by atoms with van der Waals surface area (Å²) in [7, 11) is 0. The maximum absolute atomic E-state index is 13.0. The predicted octanol–water partition coefficient (Wildman–Crippen LogP) is 2.06. The molecular formula is C23H27N7O. The minimum absolute atomic E-state index is 0.0374. The van der Waals surface area contributed by atoms with Gasteiger partial charge in [-0.1, -0.05) is 12.1 Å². The van der Waals surface area contributed by atoms with Crippen molar-refractivity contribution in [2.24, 2.45) is 5.92 Å². The van der Waals surface area contributed by atoms with E-state index in [4.69, 9.17) is 0 Å². The average molecular weight is 418 g/mol. The van der Waals surface area contributed by atoms with E-state index < -0.39 is 0 Å². The minimum Gasteiger partial charge on any atom is -0.368 e. The van der Waals surface area contributed by atoms with Crippen molar-refractivity contribution in [3.05, 3.63) is 60.2 Å². The molecule has 5 rings (SSSR count).